The fourth-order valence-corrected chi connectivity index (χ4v) is 3.37. The zero-order valence-corrected chi connectivity index (χ0v) is 16.6. The number of nitrogens with one attached hydrogen (secondary N) is 1. The topological polar surface area (TPSA) is 150 Å². The van der Waals surface area contributed by atoms with Crippen LogP contribution in [0.5, 0.6) is 0 Å². The minimum atomic E-state index is -3.83. The van der Waals surface area contributed by atoms with Gasteiger partial charge in [0.1, 0.15) is 11.6 Å². The van der Waals surface area contributed by atoms with Crippen LogP contribution in [0.15, 0.2) is 63.7 Å². The molecule has 3 N–H and O–H groups in total. The Hall–Kier alpha value is -3.62. The van der Waals surface area contributed by atoms with Gasteiger partial charge in [0.2, 0.25) is 10.0 Å². The van der Waals surface area contributed by atoms with Crippen LogP contribution in [0, 0.1) is 11.3 Å². The van der Waals surface area contributed by atoms with Gasteiger partial charge in [-0.15, -0.1) is 0 Å². The molecule has 2 heterocycles. The Kier molecular flexibility index (Phi) is 6.20. The van der Waals surface area contributed by atoms with Crippen molar-refractivity contribution in [1.82, 2.24) is 9.80 Å². The summed E-state index contributed by atoms with van der Waals surface area (Å²) in [5.74, 6) is -0.565. The first-order valence-electron chi connectivity index (χ1n) is 8.91. The second-order valence-corrected chi connectivity index (χ2v) is 8.04. The number of nitrogens with zero attached hydrogens (tertiary/aromatic N) is 3. The van der Waals surface area contributed by atoms with Gasteiger partial charge in [-0.2, -0.15) is 5.26 Å². The lowest BCUT2D eigenvalue weighted by atomic mass is 10.2. The van der Waals surface area contributed by atoms with Crippen LogP contribution in [0.3, 0.4) is 0 Å². The number of anilines is 1. The lowest BCUT2D eigenvalue weighted by Crippen LogP contribution is -2.47. The van der Waals surface area contributed by atoms with Crippen molar-refractivity contribution in [1.29, 1.82) is 5.26 Å². The summed E-state index contributed by atoms with van der Waals surface area (Å²) in [6.07, 6.45) is 2.88. The maximum absolute atomic E-state index is 12.4. The molecule has 2 amide bonds. The number of hydrogen-bond acceptors (Lipinski definition) is 7. The van der Waals surface area contributed by atoms with Gasteiger partial charge in [0.15, 0.2) is 5.76 Å². The number of piperazine rings is 1. The molecule has 1 fully saturated rings. The van der Waals surface area contributed by atoms with E-state index in [0.29, 0.717) is 31.9 Å². The van der Waals surface area contributed by atoms with E-state index in [-0.39, 0.29) is 22.1 Å². The monoisotopic (exact) mass is 429 g/mol. The number of carbonyl (C=O) groups excluding carboxylic acids is 2. The molecule has 1 saturated heterocycles. The third kappa shape index (κ3) is 5.05. The Labute approximate surface area is 173 Å². The molecule has 3 rings (SSSR count). The molecule has 0 atom stereocenters. The molecule has 0 radical (unpaired) electrons. The van der Waals surface area contributed by atoms with Crippen molar-refractivity contribution in [3.8, 4) is 6.07 Å². The smallest absolute Gasteiger partial charge is 0.289 e. The number of benzene rings is 1. The highest BCUT2D eigenvalue weighted by molar-refractivity contribution is 7.89. The van der Waals surface area contributed by atoms with Crippen LogP contribution in [0.1, 0.15) is 10.6 Å². The summed E-state index contributed by atoms with van der Waals surface area (Å²) in [5.41, 5.74) is 0.207. The van der Waals surface area contributed by atoms with Gasteiger partial charge in [-0.3, -0.25) is 9.59 Å². The van der Waals surface area contributed by atoms with E-state index in [0.717, 1.165) is 0 Å². The first kappa shape index (κ1) is 21.1. The quantitative estimate of drug-likeness (QED) is 0.525. The van der Waals surface area contributed by atoms with Crippen molar-refractivity contribution in [3.05, 3.63) is 60.2 Å². The van der Waals surface area contributed by atoms with Crippen LogP contribution in [0.2, 0.25) is 0 Å². The fraction of sp³-hybridized carbons (Fsp3) is 0.211. The summed E-state index contributed by atoms with van der Waals surface area (Å²) in [4.78, 5) is 28.0. The molecule has 0 spiro atoms. The maximum atomic E-state index is 12.4. The number of furan rings is 1. The van der Waals surface area contributed by atoms with Gasteiger partial charge in [0.25, 0.3) is 11.8 Å². The van der Waals surface area contributed by atoms with E-state index in [4.69, 9.17) is 9.56 Å². The highest BCUT2D eigenvalue weighted by Crippen LogP contribution is 2.15. The summed E-state index contributed by atoms with van der Waals surface area (Å²) in [7, 11) is -3.83. The van der Waals surface area contributed by atoms with E-state index in [2.05, 4.69) is 5.32 Å². The molecule has 2 aromatic rings. The Balaban J connectivity index is 1.60. The number of sulfonamides is 1. The van der Waals surface area contributed by atoms with Crippen molar-refractivity contribution in [2.75, 3.05) is 31.5 Å². The van der Waals surface area contributed by atoms with Crippen LogP contribution >= 0.6 is 0 Å². The first-order chi connectivity index (χ1) is 14.3. The summed E-state index contributed by atoms with van der Waals surface area (Å²) in [5, 5.41) is 16.9. The second kappa shape index (κ2) is 8.81. The number of hydrogen-bond donors (Lipinski definition) is 2. The lowest BCUT2D eigenvalue weighted by molar-refractivity contribution is -0.112. The SMILES string of the molecule is N#C/C(=C/N1CCN(C(=O)c2ccco2)CC1)C(=O)Nc1ccc(S(N)(=O)=O)cc1. The summed E-state index contributed by atoms with van der Waals surface area (Å²) in [6, 6.07) is 10.4. The molecular weight excluding hydrogens is 410 g/mol. The number of primary sulfonamides is 1. The van der Waals surface area contributed by atoms with Crippen molar-refractivity contribution in [3.63, 3.8) is 0 Å². The van der Waals surface area contributed by atoms with Gasteiger partial charge >= 0.3 is 0 Å². The average Bonchev–Trinajstić information content (AvgIpc) is 3.26. The first-order valence-corrected chi connectivity index (χ1v) is 10.5. The Morgan fingerprint density at radius 3 is 2.33 bits per heavy atom. The molecule has 0 unspecified atom stereocenters. The fourth-order valence-electron chi connectivity index (χ4n) is 2.86. The van der Waals surface area contributed by atoms with Crippen LogP contribution < -0.4 is 10.5 Å². The highest BCUT2D eigenvalue weighted by atomic mass is 32.2. The standard InChI is InChI=1S/C19H19N5O5S/c20-12-14(18(25)22-15-3-5-16(6-4-15)30(21,27)28)13-23-7-9-24(10-8-23)19(26)17-2-1-11-29-17/h1-6,11,13H,7-10H2,(H,22,25)(H2,21,27,28)/b14-13-. The normalized spacial score (nSPS) is 14.9. The van der Waals surface area contributed by atoms with Crippen LogP contribution in [-0.4, -0.2) is 56.2 Å². The molecule has 30 heavy (non-hydrogen) atoms. The van der Waals surface area contributed by atoms with Crippen molar-refractivity contribution in [2.24, 2.45) is 5.14 Å². The predicted molar refractivity (Wildman–Crippen MR) is 106 cm³/mol. The van der Waals surface area contributed by atoms with Gasteiger partial charge in [-0.1, -0.05) is 0 Å². The zero-order valence-electron chi connectivity index (χ0n) is 15.8. The van der Waals surface area contributed by atoms with Crippen LogP contribution in [0.4, 0.5) is 5.69 Å². The maximum Gasteiger partial charge on any atom is 0.289 e. The number of nitrogens with two attached hydrogens (primary N) is 1. The summed E-state index contributed by atoms with van der Waals surface area (Å²) < 4.78 is 27.7. The molecule has 1 aliphatic rings. The van der Waals surface area contributed by atoms with E-state index in [1.54, 1.807) is 21.9 Å². The van der Waals surface area contributed by atoms with Crippen LogP contribution in [-0.2, 0) is 14.8 Å². The molecule has 0 bridgehead atoms. The molecule has 11 heteroatoms. The average molecular weight is 429 g/mol. The van der Waals surface area contributed by atoms with Gasteiger partial charge in [0.05, 0.1) is 11.2 Å². The van der Waals surface area contributed by atoms with E-state index >= 15 is 0 Å². The molecule has 0 aliphatic carbocycles. The van der Waals surface area contributed by atoms with Gasteiger partial charge < -0.3 is 19.5 Å². The number of rotatable bonds is 5. The van der Waals surface area contributed by atoms with E-state index in [9.17, 15) is 23.3 Å². The molecule has 1 aromatic heterocycles. The van der Waals surface area contributed by atoms with Crippen molar-refractivity contribution in [2.45, 2.75) is 4.90 Å². The van der Waals surface area contributed by atoms with Crippen molar-refractivity contribution >= 4 is 27.5 Å². The summed E-state index contributed by atoms with van der Waals surface area (Å²) in [6.45, 7) is 1.75. The van der Waals surface area contributed by atoms with Crippen LogP contribution in [0.25, 0.3) is 0 Å². The largest absolute Gasteiger partial charge is 0.459 e. The minimum absolute atomic E-state index is 0.0847. The van der Waals surface area contributed by atoms with Crippen molar-refractivity contribution < 1.29 is 22.4 Å². The predicted octanol–water partition coefficient (Wildman–Crippen LogP) is 0.731. The molecule has 0 saturated carbocycles. The third-order valence-electron chi connectivity index (χ3n) is 4.45. The van der Waals surface area contributed by atoms with Gasteiger partial charge in [-0.05, 0) is 36.4 Å². The van der Waals surface area contributed by atoms with Gasteiger partial charge in [0, 0.05) is 38.1 Å². The molecular formula is C19H19N5O5S. The second-order valence-electron chi connectivity index (χ2n) is 6.48. The minimum Gasteiger partial charge on any atom is -0.459 e. The number of carbonyl (C=O) groups is 2. The Bertz CT molecular complexity index is 1090. The van der Waals surface area contributed by atoms with E-state index in [1.165, 1.54) is 36.7 Å². The Morgan fingerprint density at radius 1 is 1.13 bits per heavy atom. The Morgan fingerprint density at radius 2 is 1.80 bits per heavy atom. The molecule has 10 nitrogen and oxygen atoms in total. The molecule has 156 valence electrons. The number of nitriles is 1. The third-order valence-corrected chi connectivity index (χ3v) is 5.38. The highest BCUT2D eigenvalue weighted by Gasteiger charge is 2.23. The van der Waals surface area contributed by atoms with E-state index < -0.39 is 15.9 Å². The van der Waals surface area contributed by atoms with Gasteiger partial charge in [-0.25, -0.2) is 13.6 Å². The molecule has 1 aliphatic heterocycles. The zero-order chi connectivity index (χ0) is 21.7. The lowest BCUT2D eigenvalue weighted by Gasteiger charge is -2.33. The number of amides is 2. The summed E-state index contributed by atoms with van der Waals surface area (Å²) >= 11 is 0. The van der Waals surface area contributed by atoms with E-state index in [1.807, 2.05) is 6.07 Å². The molecule has 1 aromatic carbocycles.